The fraction of sp³-hybridized carbons (Fsp3) is 0.0476. The molecule has 0 unspecified atom stereocenters. The molecule has 0 spiro atoms. The zero-order valence-electron chi connectivity index (χ0n) is 14.2. The van der Waals surface area contributed by atoms with Gasteiger partial charge in [-0.25, -0.2) is 5.43 Å². The van der Waals surface area contributed by atoms with Crippen LogP contribution < -0.4 is 10.2 Å². The number of hydrogen-bond acceptors (Lipinski definition) is 3. The van der Waals surface area contributed by atoms with Crippen LogP contribution in [0, 0.1) is 3.57 Å². The van der Waals surface area contributed by atoms with Gasteiger partial charge < -0.3 is 4.74 Å². The summed E-state index contributed by atoms with van der Waals surface area (Å²) in [5.74, 6) is 0.438. The summed E-state index contributed by atoms with van der Waals surface area (Å²) in [6.07, 6.45) is 1.61. The van der Waals surface area contributed by atoms with E-state index in [9.17, 15) is 4.79 Å². The van der Waals surface area contributed by atoms with E-state index in [-0.39, 0.29) is 5.91 Å². The number of nitrogens with zero attached hydrogens (tertiary/aromatic N) is 1. The van der Waals surface area contributed by atoms with Crippen LogP contribution in [0.5, 0.6) is 5.75 Å². The monoisotopic (exact) mass is 534 g/mol. The van der Waals surface area contributed by atoms with Gasteiger partial charge in [-0.05, 0) is 82.2 Å². The third kappa shape index (κ3) is 6.18. The van der Waals surface area contributed by atoms with Crippen molar-refractivity contribution in [3.05, 3.63) is 97.5 Å². The molecular weight excluding hydrogens is 519 g/mol. The summed E-state index contributed by atoms with van der Waals surface area (Å²) in [7, 11) is 0. The fourth-order valence-electron chi connectivity index (χ4n) is 2.23. The van der Waals surface area contributed by atoms with Crippen molar-refractivity contribution >= 4 is 50.6 Å². The number of ether oxygens (including phenoxy) is 1. The quantitative estimate of drug-likeness (QED) is 0.261. The van der Waals surface area contributed by atoms with Crippen LogP contribution in [0.15, 0.2) is 82.4 Å². The maximum absolute atomic E-state index is 12.1. The van der Waals surface area contributed by atoms with Crippen molar-refractivity contribution in [1.29, 1.82) is 0 Å². The molecule has 0 saturated heterocycles. The van der Waals surface area contributed by atoms with E-state index in [0.29, 0.717) is 17.9 Å². The molecule has 0 atom stereocenters. The second kappa shape index (κ2) is 9.66. The molecule has 0 aliphatic rings. The van der Waals surface area contributed by atoms with Crippen molar-refractivity contribution in [1.82, 2.24) is 5.43 Å². The summed E-state index contributed by atoms with van der Waals surface area (Å²) in [4.78, 5) is 12.1. The smallest absolute Gasteiger partial charge is 0.271 e. The van der Waals surface area contributed by atoms with E-state index in [1.165, 1.54) is 0 Å². The van der Waals surface area contributed by atoms with E-state index in [2.05, 4.69) is 49.0 Å². The largest absolute Gasteiger partial charge is 0.489 e. The molecule has 4 nitrogen and oxygen atoms in total. The van der Waals surface area contributed by atoms with Crippen molar-refractivity contribution in [2.75, 3.05) is 0 Å². The van der Waals surface area contributed by atoms with Gasteiger partial charge in [0.05, 0.1) is 6.21 Å². The van der Waals surface area contributed by atoms with Crippen LogP contribution in [0.25, 0.3) is 0 Å². The maximum Gasteiger partial charge on any atom is 0.271 e. The number of rotatable bonds is 6. The first kappa shape index (κ1) is 19.6. The molecule has 27 heavy (non-hydrogen) atoms. The highest BCUT2D eigenvalue weighted by Gasteiger charge is 2.04. The number of carbonyl (C=O) groups excluding carboxylic acids is 1. The van der Waals surface area contributed by atoms with Gasteiger partial charge in [0.2, 0.25) is 0 Å². The van der Waals surface area contributed by atoms with E-state index in [1.54, 1.807) is 30.5 Å². The number of halogens is 2. The first-order valence-corrected chi connectivity index (χ1v) is 10.0. The van der Waals surface area contributed by atoms with E-state index in [1.807, 2.05) is 48.5 Å². The second-order valence-corrected chi connectivity index (χ2v) is 7.85. The summed E-state index contributed by atoms with van der Waals surface area (Å²) in [5.41, 5.74) is 5.04. The summed E-state index contributed by atoms with van der Waals surface area (Å²) in [6, 6.07) is 22.8. The number of hydrazone groups is 1. The Kier molecular flexibility index (Phi) is 7.00. The van der Waals surface area contributed by atoms with Crippen LogP contribution in [0.3, 0.4) is 0 Å². The lowest BCUT2D eigenvalue weighted by Gasteiger charge is -2.07. The van der Waals surface area contributed by atoms with Crippen LogP contribution in [0.4, 0.5) is 0 Å². The zero-order valence-corrected chi connectivity index (χ0v) is 18.0. The van der Waals surface area contributed by atoms with Crippen molar-refractivity contribution in [2.24, 2.45) is 5.10 Å². The molecule has 0 radical (unpaired) electrons. The number of carbonyl (C=O) groups is 1. The third-order valence-corrected chi connectivity index (χ3v) is 4.93. The van der Waals surface area contributed by atoms with Gasteiger partial charge >= 0.3 is 0 Å². The Morgan fingerprint density at radius 3 is 2.33 bits per heavy atom. The highest BCUT2D eigenvalue weighted by Crippen LogP contribution is 2.16. The molecule has 1 N–H and O–H groups in total. The van der Waals surface area contributed by atoms with Crippen LogP contribution in [0.2, 0.25) is 0 Å². The normalized spacial score (nSPS) is 10.7. The standard InChI is InChI=1S/C21H16BrIN2O2/c22-18-7-1-16(2-8-18)14-27-20-11-5-17(6-12-20)21(26)25-24-13-15-3-9-19(23)10-4-15/h1-13H,14H2,(H,25,26)/b24-13-. The molecule has 1 amide bonds. The van der Waals surface area contributed by atoms with Crippen LogP contribution in [-0.2, 0) is 6.61 Å². The Morgan fingerprint density at radius 2 is 1.67 bits per heavy atom. The van der Waals surface area contributed by atoms with Gasteiger partial charge in [0.15, 0.2) is 0 Å². The number of nitrogens with one attached hydrogen (secondary N) is 1. The first-order valence-electron chi connectivity index (χ1n) is 8.16. The number of hydrogen-bond donors (Lipinski definition) is 1. The van der Waals surface area contributed by atoms with Crippen LogP contribution >= 0.6 is 38.5 Å². The molecule has 0 saturated carbocycles. The van der Waals surface area contributed by atoms with Gasteiger partial charge in [0.25, 0.3) is 5.91 Å². The molecule has 3 aromatic carbocycles. The third-order valence-electron chi connectivity index (χ3n) is 3.68. The molecule has 0 fully saturated rings. The highest BCUT2D eigenvalue weighted by atomic mass is 127. The Hall–Kier alpha value is -2.19. The molecule has 0 aliphatic carbocycles. The lowest BCUT2D eigenvalue weighted by molar-refractivity contribution is 0.0955. The number of amides is 1. The minimum atomic E-state index is -0.267. The van der Waals surface area contributed by atoms with E-state index >= 15 is 0 Å². The zero-order chi connectivity index (χ0) is 19.1. The van der Waals surface area contributed by atoms with Crippen LogP contribution in [-0.4, -0.2) is 12.1 Å². The van der Waals surface area contributed by atoms with Crippen molar-refractivity contribution in [2.45, 2.75) is 6.61 Å². The molecule has 0 heterocycles. The van der Waals surface area contributed by atoms with Crippen molar-refractivity contribution < 1.29 is 9.53 Å². The van der Waals surface area contributed by atoms with Crippen molar-refractivity contribution in [3.63, 3.8) is 0 Å². The topological polar surface area (TPSA) is 50.7 Å². The average molecular weight is 535 g/mol. The summed E-state index contributed by atoms with van der Waals surface area (Å²) >= 11 is 5.65. The lowest BCUT2D eigenvalue weighted by atomic mass is 10.2. The fourth-order valence-corrected chi connectivity index (χ4v) is 2.85. The molecular formula is C21H16BrIN2O2. The van der Waals surface area contributed by atoms with Gasteiger partial charge in [0.1, 0.15) is 12.4 Å². The minimum Gasteiger partial charge on any atom is -0.489 e. The highest BCUT2D eigenvalue weighted by molar-refractivity contribution is 14.1. The van der Waals surface area contributed by atoms with E-state index in [0.717, 1.165) is 19.2 Å². The van der Waals surface area contributed by atoms with Crippen molar-refractivity contribution in [3.8, 4) is 5.75 Å². The molecule has 0 bridgehead atoms. The molecule has 3 aromatic rings. The molecule has 3 rings (SSSR count). The average Bonchev–Trinajstić information content (AvgIpc) is 2.69. The van der Waals surface area contributed by atoms with Gasteiger partial charge in [-0.3, -0.25) is 4.79 Å². The second-order valence-electron chi connectivity index (χ2n) is 5.69. The van der Waals surface area contributed by atoms with E-state index < -0.39 is 0 Å². The van der Waals surface area contributed by atoms with E-state index in [4.69, 9.17) is 4.74 Å². The first-order chi connectivity index (χ1) is 13.1. The number of benzene rings is 3. The molecule has 0 aliphatic heterocycles. The molecule has 0 aromatic heterocycles. The Bertz CT molecular complexity index is 924. The maximum atomic E-state index is 12.1. The van der Waals surface area contributed by atoms with Gasteiger partial charge in [-0.2, -0.15) is 5.10 Å². The summed E-state index contributed by atoms with van der Waals surface area (Å²) in [6.45, 7) is 0.471. The van der Waals surface area contributed by atoms with Gasteiger partial charge in [-0.15, -0.1) is 0 Å². The molecule has 136 valence electrons. The predicted octanol–water partition coefficient (Wildman–Crippen LogP) is 5.40. The lowest BCUT2D eigenvalue weighted by Crippen LogP contribution is -2.17. The van der Waals surface area contributed by atoms with Gasteiger partial charge in [0, 0.05) is 13.6 Å². The molecule has 6 heteroatoms. The summed E-state index contributed by atoms with van der Waals surface area (Å²) in [5, 5.41) is 3.99. The summed E-state index contributed by atoms with van der Waals surface area (Å²) < 4.78 is 7.92. The Labute approximate surface area is 179 Å². The SMILES string of the molecule is O=C(N/N=C\c1ccc(I)cc1)c1ccc(OCc2ccc(Br)cc2)cc1. The minimum absolute atomic E-state index is 0.267. The predicted molar refractivity (Wildman–Crippen MR) is 119 cm³/mol. The Balaban J connectivity index is 1.52. The van der Waals surface area contributed by atoms with Gasteiger partial charge in [-0.1, -0.05) is 40.2 Å². The Morgan fingerprint density at radius 1 is 1.00 bits per heavy atom. The van der Waals surface area contributed by atoms with Crippen LogP contribution in [0.1, 0.15) is 21.5 Å².